The number of rotatable bonds is 8. The Balaban J connectivity index is 1.91. The summed E-state index contributed by atoms with van der Waals surface area (Å²) in [6, 6.07) is 7.95. The van der Waals surface area contributed by atoms with Gasteiger partial charge in [0, 0.05) is 11.9 Å². The van der Waals surface area contributed by atoms with Crippen LogP contribution in [-0.2, 0) is 14.6 Å². The Morgan fingerprint density at radius 1 is 1.06 bits per heavy atom. The third-order valence-corrected chi connectivity index (χ3v) is 7.23. The number of carbonyl (C=O) groups excluding carboxylic acids is 1. The first-order valence-corrected chi connectivity index (χ1v) is 12.4. The zero-order valence-corrected chi connectivity index (χ0v) is 20.5. The molecule has 1 aromatic carbocycles. The maximum atomic E-state index is 12.7. The smallest absolute Gasteiger partial charge is 0.239 e. The number of nitrogens with zero attached hydrogens (tertiary/aromatic N) is 3. The average Bonchev–Trinajstić information content (AvgIpc) is 2.78. The minimum Gasteiger partial charge on any atom is -0.336 e. The summed E-state index contributed by atoms with van der Waals surface area (Å²) in [5.74, 6) is -0.279. The van der Waals surface area contributed by atoms with Crippen molar-refractivity contribution in [2.45, 2.75) is 24.1 Å². The summed E-state index contributed by atoms with van der Waals surface area (Å²) in [6.45, 7) is 3.14. The number of hydrogen-bond acceptors (Lipinski definition) is 8. The van der Waals surface area contributed by atoms with Crippen LogP contribution in [0, 0.1) is 0 Å². The van der Waals surface area contributed by atoms with E-state index in [1.165, 1.54) is 12.4 Å². The first-order valence-electron chi connectivity index (χ1n) is 9.52. The first kappa shape index (κ1) is 25.0. The van der Waals surface area contributed by atoms with Crippen LogP contribution in [0.5, 0.6) is 0 Å². The SMILES string of the molecule is CC(C)S(=O)(=O)c1ncccc1Nc1nc(Nc2cc(NC(=O)CCl)ccc2Cl)ncc1Cl. The number of aromatic nitrogens is 3. The molecule has 0 bridgehead atoms. The lowest BCUT2D eigenvalue weighted by Gasteiger charge is -2.15. The fraction of sp³-hybridized carbons (Fsp3) is 0.200. The number of halogens is 3. The van der Waals surface area contributed by atoms with Crippen molar-refractivity contribution >= 4 is 79.4 Å². The number of benzene rings is 1. The number of hydrogen-bond donors (Lipinski definition) is 3. The number of carbonyl (C=O) groups is 1. The van der Waals surface area contributed by atoms with E-state index in [2.05, 4.69) is 30.9 Å². The van der Waals surface area contributed by atoms with Gasteiger partial charge in [-0.2, -0.15) is 4.98 Å². The maximum Gasteiger partial charge on any atom is 0.239 e. The molecule has 33 heavy (non-hydrogen) atoms. The van der Waals surface area contributed by atoms with Crippen molar-refractivity contribution in [3.63, 3.8) is 0 Å². The zero-order chi connectivity index (χ0) is 24.2. The number of alkyl halides is 1. The van der Waals surface area contributed by atoms with Gasteiger partial charge in [-0.05, 0) is 44.2 Å². The van der Waals surface area contributed by atoms with Crippen LogP contribution in [0.15, 0.2) is 47.8 Å². The molecule has 2 aromatic heterocycles. The second kappa shape index (κ2) is 10.5. The number of anilines is 5. The second-order valence-corrected chi connectivity index (χ2v) is 10.5. The molecule has 0 aliphatic heterocycles. The molecular weight excluding hydrogens is 511 g/mol. The molecule has 3 rings (SSSR count). The van der Waals surface area contributed by atoms with E-state index in [1.807, 2.05) is 0 Å². The topological polar surface area (TPSA) is 126 Å². The Morgan fingerprint density at radius 3 is 2.52 bits per heavy atom. The van der Waals surface area contributed by atoms with E-state index in [4.69, 9.17) is 34.8 Å². The van der Waals surface area contributed by atoms with Crippen LogP contribution in [0.4, 0.5) is 28.8 Å². The average molecular weight is 530 g/mol. The summed E-state index contributed by atoms with van der Waals surface area (Å²) >= 11 is 18.0. The van der Waals surface area contributed by atoms with Gasteiger partial charge in [0.15, 0.2) is 20.7 Å². The lowest BCUT2D eigenvalue weighted by molar-refractivity contribution is -0.113. The van der Waals surface area contributed by atoms with Gasteiger partial charge in [0.25, 0.3) is 0 Å². The zero-order valence-electron chi connectivity index (χ0n) is 17.4. The van der Waals surface area contributed by atoms with Crippen molar-refractivity contribution in [2.75, 3.05) is 21.8 Å². The van der Waals surface area contributed by atoms with Crippen LogP contribution in [0.1, 0.15) is 13.8 Å². The minimum absolute atomic E-state index is 0.116. The molecule has 0 saturated heterocycles. The molecule has 0 radical (unpaired) electrons. The number of nitrogens with one attached hydrogen (secondary N) is 3. The Morgan fingerprint density at radius 2 is 1.82 bits per heavy atom. The van der Waals surface area contributed by atoms with Crippen LogP contribution < -0.4 is 16.0 Å². The summed E-state index contributed by atoms with van der Waals surface area (Å²) in [5.41, 5.74) is 1.11. The van der Waals surface area contributed by atoms with Gasteiger partial charge in [0.2, 0.25) is 11.9 Å². The number of amides is 1. The van der Waals surface area contributed by atoms with Crippen LogP contribution in [0.25, 0.3) is 0 Å². The molecule has 174 valence electrons. The lowest BCUT2D eigenvalue weighted by atomic mass is 10.2. The molecule has 2 heterocycles. The van der Waals surface area contributed by atoms with E-state index < -0.39 is 15.1 Å². The standard InChI is InChI=1S/C20H19Cl3N6O3S/c1-11(2)33(31,32)19-15(4-3-7-24-19)27-18-14(23)10-25-20(29-18)28-16-8-12(5-6-13(16)22)26-17(30)9-21/h3-8,10-11H,9H2,1-2H3,(H,26,30)(H2,25,27,28,29). The summed E-state index contributed by atoms with van der Waals surface area (Å²) in [6.07, 6.45) is 2.74. The van der Waals surface area contributed by atoms with Gasteiger partial charge in [0.05, 0.1) is 27.8 Å². The Bertz CT molecular complexity index is 1290. The maximum absolute atomic E-state index is 12.7. The highest BCUT2D eigenvalue weighted by atomic mass is 35.5. The summed E-state index contributed by atoms with van der Waals surface area (Å²) < 4.78 is 25.3. The molecule has 0 spiro atoms. The quantitative estimate of drug-likeness (QED) is 0.347. The van der Waals surface area contributed by atoms with Gasteiger partial charge in [-0.15, -0.1) is 11.6 Å². The fourth-order valence-corrected chi connectivity index (χ4v) is 4.04. The Labute approximate surface area is 205 Å². The molecule has 3 N–H and O–H groups in total. The third kappa shape index (κ3) is 6.02. The van der Waals surface area contributed by atoms with Gasteiger partial charge in [-0.25, -0.2) is 18.4 Å². The molecule has 13 heteroatoms. The minimum atomic E-state index is -3.66. The third-order valence-electron chi connectivity index (χ3n) is 4.28. The lowest BCUT2D eigenvalue weighted by Crippen LogP contribution is -2.17. The van der Waals surface area contributed by atoms with Crippen molar-refractivity contribution < 1.29 is 13.2 Å². The molecule has 0 fully saturated rings. The molecule has 0 atom stereocenters. The fourth-order valence-electron chi connectivity index (χ4n) is 2.59. The van der Waals surface area contributed by atoms with Gasteiger partial charge in [-0.1, -0.05) is 23.2 Å². The van der Waals surface area contributed by atoms with Crippen molar-refractivity contribution in [3.05, 3.63) is 52.8 Å². The van der Waals surface area contributed by atoms with E-state index in [-0.39, 0.29) is 39.3 Å². The highest BCUT2D eigenvalue weighted by Crippen LogP contribution is 2.31. The van der Waals surface area contributed by atoms with Crippen molar-refractivity contribution in [2.24, 2.45) is 0 Å². The monoisotopic (exact) mass is 528 g/mol. The van der Waals surface area contributed by atoms with Gasteiger partial charge in [0.1, 0.15) is 10.9 Å². The molecule has 0 saturated carbocycles. The first-order chi connectivity index (χ1) is 15.6. The molecule has 9 nitrogen and oxygen atoms in total. The second-order valence-electron chi connectivity index (χ2n) is 6.97. The Hall–Kier alpha value is -2.66. The highest BCUT2D eigenvalue weighted by molar-refractivity contribution is 7.92. The summed E-state index contributed by atoms with van der Waals surface area (Å²) in [7, 11) is -3.66. The van der Waals surface area contributed by atoms with Gasteiger partial charge >= 0.3 is 0 Å². The van der Waals surface area contributed by atoms with Crippen molar-refractivity contribution in [1.29, 1.82) is 0 Å². The summed E-state index contributed by atoms with van der Waals surface area (Å²) in [5, 5.41) is 8.22. The largest absolute Gasteiger partial charge is 0.336 e. The predicted molar refractivity (Wildman–Crippen MR) is 131 cm³/mol. The van der Waals surface area contributed by atoms with Crippen LogP contribution in [-0.4, -0.2) is 40.4 Å². The van der Waals surface area contributed by atoms with Crippen molar-refractivity contribution in [1.82, 2.24) is 15.0 Å². The molecule has 1 amide bonds. The van der Waals surface area contributed by atoms with Crippen LogP contribution in [0.2, 0.25) is 10.0 Å². The van der Waals surface area contributed by atoms with E-state index >= 15 is 0 Å². The molecule has 0 aliphatic carbocycles. The molecule has 3 aromatic rings. The van der Waals surface area contributed by atoms with Gasteiger partial charge < -0.3 is 16.0 Å². The summed E-state index contributed by atoms with van der Waals surface area (Å²) in [4.78, 5) is 24.0. The van der Waals surface area contributed by atoms with E-state index in [1.54, 1.807) is 44.2 Å². The molecule has 0 unspecified atom stereocenters. The Kier molecular flexibility index (Phi) is 7.96. The van der Waals surface area contributed by atoms with Crippen molar-refractivity contribution in [3.8, 4) is 0 Å². The molecular formula is C20H19Cl3N6O3S. The van der Waals surface area contributed by atoms with Crippen LogP contribution >= 0.6 is 34.8 Å². The highest BCUT2D eigenvalue weighted by Gasteiger charge is 2.25. The van der Waals surface area contributed by atoms with E-state index in [9.17, 15) is 13.2 Å². The van der Waals surface area contributed by atoms with E-state index in [0.29, 0.717) is 16.4 Å². The number of sulfone groups is 1. The molecule has 0 aliphatic rings. The van der Waals surface area contributed by atoms with Gasteiger partial charge in [-0.3, -0.25) is 4.79 Å². The predicted octanol–water partition coefficient (Wildman–Crippen LogP) is 5.03. The number of pyridine rings is 1. The van der Waals surface area contributed by atoms with Crippen LogP contribution in [0.3, 0.4) is 0 Å². The van der Waals surface area contributed by atoms with E-state index in [0.717, 1.165) is 0 Å². The normalized spacial score (nSPS) is 11.3.